The second-order valence-electron chi connectivity index (χ2n) is 6.55. The lowest BCUT2D eigenvalue weighted by molar-refractivity contribution is -0.134. The van der Waals surface area contributed by atoms with Gasteiger partial charge in [0.05, 0.1) is 5.69 Å². The number of pyridine rings is 2. The van der Waals surface area contributed by atoms with Gasteiger partial charge in [0.15, 0.2) is 0 Å². The van der Waals surface area contributed by atoms with Gasteiger partial charge in [-0.3, -0.25) is 4.98 Å². The molecule has 0 aliphatic heterocycles. The third kappa shape index (κ3) is 6.97. The Balaban J connectivity index is 0.000000414. The molecule has 3 heterocycles. The molecule has 0 fully saturated rings. The monoisotopic (exact) mass is 492 g/mol. The Morgan fingerprint density at radius 1 is 1.15 bits per heavy atom. The topological polar surface area (TPSA) is 151 Å². The van der Waals surface area contributed by atoms with Gasteiger partial charge in [0.25, 0.3) is 10.0 Å². The van der Waals surface area contributed by atoms with Crippen molar-refractivity contribution in [3.8, 4) is 11.3 Å². The number of carbonyl (C=O) groups is 2. The number of aliphatic carboxylic acids is 2. The minimum atomic E-state index is -3.81. The van der Waals surface area contributed by atoms with E-state index in [4.69, 9.17) is 21.8 Å². The number of aromatic nitrogens is 3. The lowest BCUT2D eigenvalue weighted by atomic mass is 10.2. The zero-order chi connectivity index (χ0) is 24.6. The minimum Gasteiger partial charge on any atom is -0.478 e. The van der Waals surface area contributed by atoms with Crippen molar-refractivity contribution in [2.45, 2.75) is 18.4 Å². The van der Waals surface area contributed by atoms with Gasteiger partial charge in [-0.25, -0.2) is 27.0 Å². The van der Waals surface area contributed by atoms with Gasteiger partial charge in [0.2, 0.25) is 0 Å². The number of hydrogen-bond donors (Lipinski definition) is 3. The maximum atomic E-state index is 13.1. The van der Waals surface area contributed by atoms with Crippen LogP contribution in [0.1, 0.15) is 11.3 Å². The van der Waals surface area contributed by atoms with E-state index in [1.54, 1.807) is 56.7 Å². The van der Waals surface area contributed by atoms with Gasteiger partial charge in [-0.15, -0.1) is 0 Å². The zero-order valence-corrected chi connectivity index (χ0v) is 19.2. The first-order valence-corrected chi connectivity index (χ1v) is 11.2. The first-order chi connectivity index (χ1) is 15.6. The Labute approximate surface area is 195 Å². The SMILES string of the molecule is CNCc1cc(-c2cccnc2Cl)n(S(=O)(=O)c2ccc(C)nc2)c1.O=C(O)/C=C/C(=O)O. The first-order valence-electron chi connectivity index (χ1n) is 9.35. The van der Waals surface area contributed by atoms with E-state index in [-0.39, 0.29) is 10.0 Å². The molecular formula is C21H21ClN4O6S. The molecular weight excluding hydrogens is 472 g/mol. The quantitative estimate of drug-likeness (QED) is 0.333. The number of halogens is 1. The summed E-state index contributed by atoms with van der Waals surface area (Å²) in [6, 6.07) is 8.47. The summed E-state index contributed by atoms with van der Waals surface area (Å²) in [6.45, 7) is 2.33. The molecule has 0 radical (unpaired) electrons. The molecule has 0 spiro atoms. The summed E-state index contributed by atoms with van der Waals surface area (Å²) in [5.74, 6) is -2.51. The highest BCUT2D eigenvalue weighted by Crippen LogP contribution is 2.30. The fourth-order valence-electron chi connectivity index (χ4n) is 2.63. The third-order valence-electron chi connectivity index (χ3n) is 4.07. The first kappa shape index (κ1) is 25.7. The van der Waals surface area contributed by atoms with Gasteiger partial charge in [-0.2, -0.15) is 0 Å². The average Bonchev–Trinajstić information content (AvgIpc) is 3.18. The lowest BCUT2D eigenvalue weighted by Gasteiger charge is -2.11. The maximum Gasteiger partial charge on any atom is 0.328 e. The molecule has 0 unspecified atom stereocenters. The van der Waals surface area contributed by atoms with E-state index in [1.165, 1.54) is 10.2 Å². The third-order valence-corrected chi connectivity index (χ3v) is 6.03. The van der Waals surface area contributed by atoms with Crippen LogP contribution >= 0.6 is 11.6 Å². The minimum absolute atomic E-state index is 0.117. The zero-order valence-electron chi connectivity index (χ0n) is 17.6. The van der Waals surface area contributed by atoms with Gasteiger partial charge in [-0.1, -0.05) is 11.6 Å². The summed E-state index contributed by atoms with van der Waals surface area (Å²) < 4.78 is 27.4. The van der Waals surface area contributed by atoms with Crippen LogP contribution in [0.5, 0.6) is 0 Å². The van der Waals surface area contributed by atoms with Crippen molar-refractivity contribution in [1.29, 1.82) is 0 Å². The molecule has 3 aromatic heterocycles. The number of carboxylic acid groups (broad SMARTS) is 2. The number of nitrogens with one attached hydrogen (secondary N) is 1. The Morgan fingerprint density at radius 2 is 1.82 bits per heavy atom. The van der Waals surface area contributed by atoms with Crippen LogP contribution in [-0.4, -0.2) is 51.6 Å². The van der Waals surface area contributed by atoms with Crippen LogP contribution in [0.2, 0.25) is 5.15 Å². The van der Waals surface area contributed by atoms with Gasteiger partial charge >= 0.3 is 11.9 Å². The summed E-state index contributed by atoms with van der Waals surface area (Å²) in [5, 5.41) is 18.9. The second-order valence-corrected chi connectivity index (χ2v) is 8.72. The van der Waals surface area contributed by atoms with Gasteiger partial charge < -0.3 is 15.5 Å². The second kappa shape index (κ2) is 11.4. The number of aryl methyl sites for hydroxylation is 1. The average molecular weight is 493 g/mol. The fourth-order valence-corrected chi connectivity index (χ4v) is 4.19. The molecule has 174 valence electrons. The predicted molar refractivity (Wildman–Crippen MR) is 121 cm³/mol. The number of hydrogen-bond acceptors (Lipinski definition) is 7. The molecule has 0 saturated carbocycles. The molecule has 0 atom stereocenters. The van der Waals surface area contributed by atoms with Crippen LogP contribution < -0.4 is 5.32 Å². The smallest absolute Gasteiger partial charge is 0.328 e. The van der Waals surface area contributed by atoms with Gasteiger partial charge in [0, 0.05) is 48.5 Å². The Kier molecular flexibility index (Phi) is 8.85. The summed E-state index contributed by atoms with van der Waals surface area (Å²) >= 11 is 6.19. The summed E-state index contributed by atoms with van der Waals surface area (Å²) in [6.07, 6.45) is 5.62. The normalized spacial score (nSPS) is 11.1. The van der Waals surface area contributed by atoms with Crippen molar-refractivity contribution in [3.05, 3.63) is 77.5 Å². The van der Waals surface area contributed by atoms with Crippen LogP contribution in [0, 0.1) is 6.92 Å². The van der Waals surface area contributed by atoms with Gasteiger partial charge in [-0.05, 0) is 49.9 Å². The standard InChI is InChI=1S/C17H17ClN4O2S.C4H4O4/c1-12-5-6-14(10-21-12)25(23,24)22-11-13(9-19-2)8-16(22)15-4-3-7-20-17(15)18;5-3(6)1-2-4(7)8/h3-8,10-11,19H,9H2,1-2H3;1-2H,(H,5,6)(H,7,8)/b;2-1+. The van der Waals surface area contributed by atoms with Crippen molar-refractivity contribution < 1.29 is 28.2 Å². The van der Waals surface area contributed by atoms with Crippen molar-refractivity contribution in [1.82, 2.24) is 19.3 Å². The van der Waals surface area contributed by atoms with E-state index in [0.717, 1.165) is 11.3 Å². The van der Waals surface area contributed by atoms with Crippen LogP contribution in [0.4, 0.5) is 0 Å². The molecule has 3 rings (SSSR count). The summed E-state index contributed by atoms with van der Waals surface area (Å²) in [4.78, 5) is 27.4. The van der Waals surface area contributed by atoms with Crippen molar-refractivity contribution in [2.24, 2.45) is 0 Å². The molecule has 33 heavy (non-hydrogen) atoms. The van der Waals surface area contributed by atoms with E-state index in [1.807, 2.05) is 0 Å². The molecule has 0 aromatic carbocycles. The summed E-state index contributed by atoms with van der Waals surface area (Å²) in [5.41, 5.74) is 2.58. The molecule has 0 bridgehead atoms. The van der Waals surface area contributed by atoms with E-state index in [2.05, 4.69) is 15.3 Å². The molecule has 3 aromatic rings. The Hall–Kier alpha value is -3.54. The Bertz CT molecular complexity index is 1250. The highest BCUT2D eigenvalue weighted by Gasteiger charge is 2.23. The van der Waals surface area contributed by atoms with Crippen molar-refractivity contribution in [3.63, 3.8) is 0 Å². The van der Waals surface area contributed by atoms with Crippen LogP contribution in [0.25, 0.3) is 11.3 Å². The van der Waals surface area contributed by atoms with Crippen molar-refractivity contribution >= 4 is 33.6 Å². The molecule has 0 saturated heterocycles. The molecule has 3 N–H and O–H groups in total. The van der Waals surface area contributed by atoms with E-state index >= 15 is 0 Å². The van der Waals surface area contributed by atoms with E-state index in [9.17, 15) is 18.0 Å². The number of carboxylic acids is 2. The largest absolute Gasteiger partial charge is 0.478 e. The number of rotatable bonds is 7. The van der Waals surface area contributed by atoms with E-state index in [0.29, 0.717) is 30.0 Å². The molecule has 0 amide bonds. The maximum absolute atomic E-state index is 13.1. The highest BCUT2D eigenvalue weighted by molar-refractivity contribution is 7.90. The van der Waals surface area contributed by atoms with Gasteiger partial charge in [0.1, 0.15) is 10.0 Å². The number of nitrogens with zero attached hydrogens (tertiary/aromatic N) is 3. The van der Waals surface area contributed by atoms with Crippen LogP contribution in [0.15, 0.2) is 66.0 Å². The lowest BCUT2D eigenvalue weighted by Crippen LogP contribution is -2.14. The van der Waals surface area contributed by atoms with Crippen LogP contribution in [-0.2, 0) is 26.2 Å². The summed E-state index contributed by atoms with van der Waals surface area (Å²) in [7, 11) is -2.01. The molecule has 0 aliphatic carbocycles. The fraction of sp³-hybridized carbons (Fsp3) is 0.143. The van der Waals surface area contributed by atoms with E-state index < -0.39 is 22.0 Å². The molecule has 0 aliphatic rings. The Morgan fingerprint density at radius 3 is 2.33 bits per heavy atom. The molecule has 12 heteroatoms. The highest BCUT2D eigenvalue weighted by atomic mass is 35.5. The predicted octanol–water partition coefficient (Wildman–Crippen LogP) is 2.58. The molecule has 10 nitrogen and oxygen atoms in total. The van der Waals surface area contributed by atoms with Crippen molar-refractivity contribution in [2.75, 3.05) is 7.05 Å². The van der Waals surface area contributed by atoms with Crippen LogP contribution in [0.3, 0.4) is 0 Å².